The second kappa shape index (κ2) is 21.7. The summed E-state index contributed by atoms with van der Waals surface area (Å²) >= 11 is 0. The zero-order valence-corrected chi connectivity index (χ0v) is 24.0. The van der Waals surface area contributed by atoms with Crippen LogP contribution < -0.4 is 15.4 Å². The number of nitrogens with two attached hydrogens (primary N) is 3. The predicted molar refractivity (Wildman–Crippen MR) is 147 cm³/mol. The van der Waals surface area contributed by atoms with Gasteiger partial charge < -0.3 is 9.47 Å². The molecule has 2 atom stereocenters. The molecule has 14 heteroatoms. The highest BCUT2D eigenvalue weighted by Gasteiger charge is 2.21. The van der Waals surface area contributed by atoms with Crippen LogP contribution >= 0.6 is 0 Å². The lowest BCUT2D eigenvalue weighted by molar-refractivity contribution is 0.145. The number of allylic oxidation sites excluding steroid dienone is 4. The lowest BCUT2D eigenvalue weighted by Gasteiger charge is -2.12. The summed E-state index contributed by atoms with van der Waals surface area (Å²) < 4.78 is 75.0. The van der Waals surface area contributed by atoms with Crippen LogP contribution in [0, 0.1) is 0 Å². The fourth-order valence-electron chi connectivity index (χ4n) is 2.20. The second-order valence-corrected chi connectivity index (χ2v) is 12.7. The first-order chi connectivity index (χ1) is 16.5. The van der Waals surface area contributed by atoms with Crippen molar-refractivity contribution in [1.82, 2.24) is 0 Å². The van der Waals surface area contributed by atoms with Crippen LogP contribution in [0.1, 0.15) is 52.4 Å². The van der Waals surface area contributed by atoms with Gasteiger partial charge in [0.25, 0.3) is 0 Å². The van der Waals surface area contributed by atoms with Gasteiger partial charge in [0.15, 0.2) is 0 Å². The molecular formula is C22H45N3O8S3. The minimum atomic E-state index is -3.52. The minimum Gasteiger partial charge on any atom is -0.380 e. The Bertz CT molecular complexity index is 895. The van der Waals surface area contributed by atoms with Gasteiger partial charge in [0, 0.05) is 13.2 Å². The maximum atomic E-state index is 11.0. The molecule has 0 aromatic heterocycles. The summed E-state index contributed by atoms with van der Waals surface area (Å²) in [6, 6.07) is 0. The first-order valence-electron chi connectivity index (χ1n) is 11.2. The monoisotopic (exact) mass is 575 g/mol. The Morgan fingerprint density at radius 3 is 1.28 bits per heavy atom. The van der Waals surface area contributed by atoms with E-state index in [-0.39, 0.29) is 18.1 Å². The zero-order valence-electron chi connectivity index (χ0n) is 21.5. The number of sulfonamides is 3. The summed E-state index contributed by atoms with van der Waals surface area (Å²) in [7, 11) is -10.5. The van der Waals surface area contributed by atoms with E-state index in [0.717, 1.165) is 0 Å². The molecule has 0 saturated carbocycles. The van der Waals surface area contributed by atoms with Gasteiger partial charge in [-0.3, -0.25) is 0 Å². The Morgan fingerprint density at radius 2 is 1.06 bits per heavy atom. The zero-order chi connectivity index (χ0) is 28.8. The van der Waals surface area contributed by atoms with Crippen LogP contribution in [0.3, 0.4) is 0 Å². The molecule has 11 nitrogen and oxygen atoms in total. The molecule has 0 rings (SSSR count). The summed E-state index contributed by atoms with van der Waals surface area (Å²) in [5, 5.41) is 13.6. The summed E-state index contributed by atoms with van der Waals surface area (Å²) in [5.74, 6) is 0. The van der Waals surface area contributed by atoms with Gasteiger partial charge in [-0.25, -0.2) is 40.7 Å². The third-order valence-corrected chi connectivity index (χ3v) is 7.97. The summed E-state index contributed by atoms with van der Waals surface area (Å²) in [5.41, 5.74) is 0. The molecule has 0 saturated heterocycles. The minimum absolute atomic E-state index is 0.0624. The molecule has 0 aliphatic rings. The van der Waals surface area contributed by atoms with Crippen LogP contribution in [-0.2, 0) is 39.5 Å². The van der Waals surface area contributed by atoms with E-state index in [9.17, 15) is 25.3 Å². The topological polar surface area (TPSA) is 199 Å². The van der Waals surface area contributed by atoms with E-state index >= 15 is 0 Å². The number of rotatable bonds is 18. The van der Waals surface area contributed by atoms with E-state index in [1.807, 2.05) is 13.8 Å². The molecule has 0 fully saturated rings. The third kappa shape index (κ3) is 24.3. The van der Waals surface area contributed by atoms with E-state index in [2.05, 4.69) is 26.3 Å². The molecule has 0 heterocycles. The number of primary sulfonamides is 3. The molecule has 0 aliphatic carbocycles. The van der Waals surface area contributed by atoms with Crippen LogP contribution in [0.15, 0.2) is 49.4 Å². The molecule has 0 radical (unpaired) electrons. The first-order valence-corrected chi connectivity index (χ1v) is 16.0. The van der Waals surface area contributed by atoms with E-state index < -0.39 is 40.6 Å². The molecule has 0 bridgehead atoms. The highest BCUT2D eigenvalue weighted by atomic mass is 32.2. The van der Waals surface area contributed by atoms with E-state index in [0.29, 0.717) is 51.7 Å². The Balaban J connectivity index is -0.000000459. The SMILES string of the molecule is C=CCCC(=C)S(N)(=O)=O.C=CCC[C@@H](COCC)S(N)(=O)=O.C=CCC[C@H](COCC)S(N)(=O)=O. The standard InChI is InChI=1S/2C8H17NO3S.C6H11NO2S/c2*1-3-5-6-8(7-12-4-2)13(9,10)11;1-3-4-5-6(2)10(7,8)9/h2*3,8H,1,4-7H2,2H3,(H2,9,10,11);3H,1-2,4-5H2,(H2,7,8,9)/t2*8-;/m10./s1. The van der Waals surface area contributed by atoms with Crippen molar-refractivity contribution < 1.29 is 34.7 Å². The number of hydrogen-bond donors (Lipinski definition) is 3. The normalized spacial score (nSPS) is 13.1. The average molecular weight is 576 g/mol. The van der Waals surface area contributed by atoms with Gasteiger partial charge in [-0.05, 0) is 52.4 Å². The van der Waals surface area contributed by atoms with Gasteiger partial charge >= 0.3 is 0 Å². The van der Waals surface area contributed by atoms with E-state index in [4.69, 9.17) is 24.9 Å². The molecule has 0 amide bonds. The Morgan fingerprint density at radius 1 is 0.722 bits per heavy atom. The Kier molecular flexibility index (Phi) is 23.6. The molecule has 214 valence electrons. The maximum absolute atomic E-state index is 11.0. The van der Waals surface area contributed by atoms with Crippen molar-refractivity contribution in [2.45, 2.75) is 62.9 Å². The maximum Gasteiger partial charge on any atom is 0.233 e. The molecule has 6 N–H and O–H groups in total. The Labute approximate surface area is 218 Å². The summed E-state index contributed by atoms with van der Waals surface area (Å²) in [6.45, 7) is 18.7. The van der Waals surface area contributed by atoms with Gasteiger partial charge in [0.05, 0.1) is 28.6 Å². The largest absolute Gasteiger partial charge is 0.380 e. The summed E-state index contributed by atoms with van der Waals surface area (Å²) in [4.78, 5) is 0.0624. The van der Waals surface area contributed by atoms with Crippen molar-refractivity contribution >= 4 is 30.1 Å². The molecule has 0 aromatic rings. The van der Waals surface area contributed by atoms with Crippen LogP contribution in [-0.4, -0.2) is 62.2 Å². The average Bonchev–Trinajstić information content (AvgIpc) is 2.76. The molecule has 36 heavy (non-hydrogen) atoms. The van der Waals surface area contributed by atoms with Crippen LogP contribution in [0.4, 0.5) is 0 Å². The van der Waals surface area contributed by atoms with Crippen molar-refractivity contribution in [3.05, 3.63) is 49.4 Å². The van der Waals surface area contributed by atoms with E-state index in [1.165, 1.54) is 0 Å². The molecule has 0 aromatic carbocycles. The smallest absolute Gasteiger partial charge is 0.233 e. The van der Waals surface area contributed by atoms with Crippen molar-refractivity contribution in [3.8, 4) is 0 Å². The van der Waals surface area contributed by atoms with Crippen LogP contribution in [0.2, 0.25) is 0 Å². The fourth-order valence-corrected chi connectivity index (χ4v) is 4.10. The van der Waals surface area contributed by atoms with E-state index in [1.54, 1.807) is 18.2 Å². The van der Waals surface area contributed by atoms with Crippen molar-refractivity contribution in [1.29, 1.82) is 0 Å². The first kappa shape index (κ1) is 39.1. The van der Waals surface area contributed by atoms with Gasteiger partial charge in [-0.2, -0.15) is 0 Å². The third-order valence-electron chi connectivity index (χ3n) is 4.36. The second-order valence-electron chi connectivity index (χ2n) is 7.38. The molecule has 0 unspecified atom stereocenters. The van der Waals surface area contributed by atoms with Gasteiger partial charge in [0.1, 0.15) is 0 Å². The lowest BCUT2D eigenvalue weighted by atomic mass is 10.2. The summed E-state index contributed by atoms with van der Waals surface area (Å²) in [6.07, 6.45) is 8.13. The highest BCUT2D eigenvalue weighted by molar-refractivity contribution is 7.93. The van der Waals surface area contributed by atoms with Gasteiger partial charge in [0.2, 0.25) is 30.1 Å². The van der Waals surface area contributed by atoms with Crippen molar-refractivity contribution in [2.24, 2.45) is 15.4 Å². The van der Waals surface area contributed by atoms with Crippen molar-refractivity contribution in [2.75, 3.05) is 26.4 Å². The fraction of sp³-hybridized carbons (Fsp3) is 0.636. The number of ether oxygens (including phenoxy) is 2. The van der Waals surface area contributed by atoms with Crippen LogP contribution in [0.25, 0.3) is 0 Å². The lowest BCUT2D eigenvalue weighted by Crippen LogP contribution is -2.32. The molecule has 0 aliphatic heterocycles. The predicted octanol–water partition coefficient (Wildman–Crippen LogP) is 2.05. The van der Waals surface area contributed by atoms with Crippen molar-refractivity contribution in [3.63, 3.8) is 0 Å². The molecular weight excluding hydrogens is 530 g/mol. The Hall–Kier alpha value is -1.39. The van der Waals surface area contributed by atoms with Crippen LogP contribution in [0.5, 0.6) is 0 Å². The quantitative estimate of drug-likeness (QED) is 0.206. The van der Waals surface area contributed by atoms with Gasteiger partial charge in [-0.1, -0.05) is 24.8 Å². The highest BCUT2D eigenvalue weighted by Crippen LogP contribution is 2.08. The number of hydrogen-bond acceptors (Lipinski definition) is 8. The molecule has 0 spiro atoms. The van der Waals surface area contributed by atoms with Gasteiger partial charge in [-0.15, -0.1) is 19.7 Å².